The summed E-state index contributed by atoms with van der Waals surface area (Å²) >= 11 is 0. The first-order valence-corrected chi connectivity index (χ1v) is 6.26. The van der Waals surface area contributed by atoms with E-state index < -0.39 is 0 Å². The third-order valence-electron chi connectivity index (χ3n) is 2.39. The molecule has 0 saturated carbocycles. The van der Waals surface area contributed by atoms with E-state index in [4.69, 9.17) is 4.74 Å². The Kier molecular flexibility index (Phi) is 11.1. The maximum atomic E-state index is 11.2. The van der Waals surface area contributed by atoms with Crippen LogP contribution < -0.4 is 0 Å². The molecule has 2 heteroatoms. The highest BCUT2D eigenvalue weighted by atomic mass is 16.5. The van der Waals surface area contributed by atoms with Gasteiger partial charge in [0.2, 0.25) is 0 Å². The summed E-state index contributed by atoms with van der Waals surface area (Å²) in [6, 6.07) is 0. The second-order valence-electron chi connectivity index (χ2n) is 3.95. The Balaban J connectivity index is 3.11. The van der Waals surface area contributed by atoms with Crippen LogP contribution in [-0.2, 0) is 9.53 Å². The number of esters is 1. The Bertz CT molecular complexity index is 143. The molecular weight excluding hydrogens is 188 g/mol. The van der Waals surface area contributed by atoms with Crippen molar-refractivity contribution in [1.29, 1.82) is 0 Å². The Morgan fingerprint density at radius 1 is 1.07 bits per heavy atom. The normalized spacial score (nSPS) is 10.3. The van der Waals surface area contributed by atoms with Crippen molar-refractivity contribution in [3.05, 3.63) is 6.92 Å². The molecule has 0 saturated heterocycles. The van der Waals surface area contributed by atoms with Gasteiger partial charge in [0.05, 0.1) is 6.61 Å². The summed E-state index contributed by atoms with van der Waals surface area (Å²) < 4.78 is 5.10. The second-order valence-corrected chi connectivity index (χ2v) is 3.95. The molecule has 0 N–H and O–H groups in total. The fourth-order valence-corrected chi connectivity index (χ4v) is 1.41. The van der Waals surface area contributed by atoms with Crippen molar-refractivity contribution < 1.29 is 9.53 Å². The van der Waals surface area contributed by atoms with Crippen LogP contribution in [0.4, 0.5) is 0 Å². The average Bonchev–Trinajstić information content (AvgIpc) is 2.24. The smallest absolute Gasteiger partial charge is 0.305 e. The lowest BCUT2D eigenvalue weighted by Gasteiger charge is -2.03. The summed E-state index contributed by atoms with van der Waals surface area (Å²) in [5.74, 6) is -0.0271. The zero-order chi connectivity index (χ0) is 11.4. The van der Waals surface area contributed by atoms with E-state index in [-0.39, 0.29) is 5.97 Å². The van der Waals surface area contributed by atoms with Crippen LogP contribution in [0.25, 0.3) is 0 Å². The van der Waals surface area contributed by atoms with Crippen LogP contribution in [0.5, 0.6) is 0 Å². The number of carbonyl (C=O) groups excluding carboxylic acids is 1. The molecule has 0 aliphatic rings. The van der Waals surface area contributed by atoms with Gasteiger partial charge in [-0.05, 0) is 12.8 Å². The van der Waals surface area contributed by atoms with E-state index in [0.717, 1.165) is 32.1 Å². The van der Waals surface area contributed by atoms with E-state index in [1.807, 2.05) is 0 Å². The largest absolute Gasteiger partial charge is 0.466 e. The van der Waals surface area contributed by atoms with E-state index >= 15 is 0 Å². The molecule has 0 fully saturated rings. The lowest BCUT2D eigenvalue weighted by molar-refractivity contribution is -0.143. The molecule has 0 amide bonds. The monoisotopic (exact) mass is 213 g/mol. The molecule has 0 heterocycles. The van der Waals surface area contributed by atoms with Crippen molar-refractivity contribution in [1.82, 2.24) is 0 Å². The molecule has 1 radical (unpaired) electrons. The molecule has 0 bridgehead atoms. The summed E-state index contributed by atoms with van der Waals surface area (Å²) in [6.07, 6.45) is 9.36. The minimum absolute atomic E-state index is 0.0271. The van der Waals surface area contributed by atoms with Gasteiger partial charge in [-0.15, -0.1) is 0 Å². The third-order valence-corrected chi connectivity index (χ3v) is 2.39. The Labute approximate surface area is 94.4 Å². The summed E-state index contributed by atoms with van der Waals surface area (Å²) in [7, 11) is 0. The summed E-state index contributed by atoms with van der Waals surface area (Å²) in [4.78, 5) is 11.2. The molecule has 0 rings (SSSR count). The van der Waals surface area contributed by atoms with Crippen LogP contribution in [0.3, 0.4) is 0 Å². The average molecular weight is 213 g/mol. The number of unbranched alkanes of at least 4 members (excludes halogenated alkanes) is 6. The van der Waals surface area contributed by atoms with E-state index in [1.54, 1.807) is 0 Å². The van der Waals surface area contributed by atoms with Gasteiger partial charge in [-0.1, -0.05) is 52.4 Å². The Morgan fingerprint density at radius 3 is 2.47 bits per heavy atom. The van der Waals surface area contributed by atoms with Crippen molar-refractivity contribution in [3.63, 3.8) is 0 Å². The van der Waals surface area contributed by atoms with Crippen molar-refractivity contribution in [2.45, 2.75) is 64.7 Å². The Morgan fingerprint density at radius 2 is 1.80 bits per heavy atom. The molecule has 0 spiro atoms. The van der Waals surface area contributed by atoms with Gasteiger partial charge >= 0.3 is 5.97 Å². The SMILES string of the molecule is [CH2]CCCCCCC(=O)OCCCCC. The summed E-state index contributed by atoms with van der Waals surface area (Å²) in [5, 5.41) is 0. The number of hydrogen-bond acceptors (Lipinski definition) is 2. The van der Waals surface area contributed by atoms with Crippen LogP contribution >= 0.6 is 0 Å². The minimum atomic E-state index is -0.0271. The standard InChI is InChI=1S/C13H25O2/c1-3-5-7-8-9-11-13(14)15-12-10-6-4-2/h1,3-12H2,2H3. The summed E-state index contributed by atoms with van der Waals surface area (Å²) in [6.45, 7) is 6.53. The number of ether oxygens (including phenoxy) is 1. The summed E-state index contributed by atoms with van der Waals surface area (Å²) in [5.41, 5.74) is 0. The lowest BCUT2D eigenvalue weighted by atomic mass is 10.1. The maximum Gasteiger partial charge on any atom is 0.305 e. The van der Waals surface area contributed by atoms with E-state index in [0.29, 0.717) is 13.0 Å². The van der Waals surface area contributed by atoms with E-state index in [9.17, 15) is 4.79 Å². The minimum Gasteiger partial charge on any atom is -0.466 e. The first-order chi connectivity index (χ1) is 7.31. The van der Waals surface area contributed by atoms with Crippen LogP contribution in [0.15, 0.2) is 0 Å². The number of rotatable bonds is 10. The quantitative estimate of drug-likeness (QED) is 0.406. The topological polar surface area (TPSA) is 26.3 Å². The molecule has 0 aromatic rings. The van der Waals surface area contributed by atoms with Gasteiger partial charge in [0.25, 0.3) is 0 Å². The van der Waals surface area contributed by atoms with Gasteiger partial charge in [0, 0.05) is 6.42 Å². The van der Waals surface area contributed by atoms with Crippen molar-refractivity contribution in [2.24, 2.45) is 0 Å². The van der Waals surface area contributed by atoms with Gasteiger partial charge < -0.3 is 4.74 Å². The fraction of sp³-hybridized carbons (Fsp3) is 0.846. The number of carbonyl (C=O) groups is 1. The molecule has 2 nitrogen and oxygen atoms in total. The highest BCUT2D eigenvalue weighted by Crippen LogP contribution is 2.06. The molecule has 0 aliphatic heterocycles. The van der Waals surface area contributed by atoms with Gasteiger partial charge in [-0.3, -0.25) is 4.79 Å². The maximum absolute atomic E-state index is 11.2. The lowest BCUT2D eigenvalue weighted by Crippen LogP contribution is -2.05. The van der Waals surface area contributed by atoms with Gasteiger partial charge in [-0.2, -0.15) is 0 Å². The third kappa shape index (κ3) is 11.4. The predicted octanol–water partition coefficient (Wildman–Crippen LogP) is 3.89. The first-order valence-electron chi connectivity index (χ1n) is 6.26. The zero-order valence-corrected chi connectivity index (χ0v) is 10.1. The van der Waals surface area contributed by atoms with E-state index in [1.165, 1.54) is 19.3 Å². The molecule has 0 aliphatic carbocycles. The zero-order valence-electron chi connectivity index (χ0n) is 10.1. The molecule has 0 unspecified atom stereocenters. The first kappa shape index (κ1) is 14.5. The van der Waals surface area contributed by atoms with E-state index in [2.05, 4.69) is 13.8 Å². The highest BCUT2D eigenvalue weighted by Gasteiger charge is 2.01. The van der Waals surface area contributed by atoms with Crippen LogP contribution in [0.1, 0.15) is 64.7 Å². The fourth-order valence-electron chi connectivity index (χ4n) is 1.41. The van der Waals surface area contributed by atoms with Crippen molar-refractivity contribution in [3.8, 4) is 0 Å². The Hall–Kier alpha value is -0.530. The van der Waals surface area contributed by atoms with Crippen LogP contribution in [0, 0.1) is 6.92 Å². The second kappa shape index (κ2) is 11.5. The molecule has 15 heavy (non-hydrogen) atoms. The van der Waals surface area contributed by atoms with Crippen molar-refractivity contribution in [2.75, 3.05) is 6.61 Å². The molecule has 89 valence electrons. The molecule has 0 aromatic carbocycles. The number of hydrogen-bond donors (Lipinski definition) is 0. The molecule has 0 atom stereocenters. The molecular formula is C13H25O2. The molecule has 0 aromatic heterocycles. The van der Waals surface area contributed by atoms with Crippen molar-refractivity contribution >= 4 is 5.97 Å². The van der Waals surface area contributed by atoms with Gasteiger partial charge in [-0.25, -0.2) is 0 Å². The van der Waals surface area contributed by atoms with Gasteiger partial charge in [0.1, 0.15) is 0 Å². The highest BCUT2D eigenvalue weighted by molar-refractivity contribution is 5.69. The predicted molar refractivity (Wildman–Crippen MR) is 63.5 cm³/mol. The van der Waals surface area contributed by atoms with Crippen LogP contribution in [-0.4, -0.2) is 12.6 Å². The van der Waals surface area contributed by atoms with Gasteiger partial charge in [0.15, 0.2) is 0 Å². The van der Waals surface area contributed by atoms with Crippen LogP contribution in [0.2, 0.25) is 0 Å².